The number of aromatic amines is 1. The van der Waals surface area contributed by atoms with Crippen LogP contribution in [0.2, 0.25) is 0 Å². The normalized spacial score (nSPS) is 16.2. The first-order valence-electron chi connectivity index (χ1n) is 8.04. The Morgan fingerprint density at radius 2 is 2.12 bits per heavy atom. The lowest BCUT2D eigenvalue weighted by atomic mass is 10.0. The highest BCUT2D eigenvalue weighted by Gasteiger charge is 2.45. The average Bonchev–Trinajstić information content (AvgIpc) is 3.22. The van der Waals surface area contributed by atoms with Crippen LogP contribution < -0.4 is 10.6 Å². The molecule has 0 saturated heterocycles. The zero-order valence-electron chi connectivity index (χ0n) is 13.6. The van der Waals surface area contributed by atoms with E-state index in [9.17, 15) is 9.59 Å². The topological polar surface area (TPSA) is 97.8 Å². The monoisotopic (exact) mass is 324 g/mol. The molecule has 124 valence electrons. The molecule has 0 radical (unpaired) electrons. The standard InChI is InChI=1S/C18H20N4O2/c1-18(6-7-18)17(24)22-15(16(23)20-9-8-19)10-12-11-21-14-5-3-2-4-13(12)14/h2-5,11,15,21H,6-7,9-10H2,1H3,(H,20,23)(H,22,24). The van der Waals surface area contributed by atoms with Gasteiger partial charge in [-0.3, -0.25) is 9.59 Å². The number of nitriles is 1. The Kier molecular flexibility index (Phi) is 4.26. The van der Waals surface area contributed by atoms with Gasteiger partial charge in [-0.1, -0.05) is 25.1 Å². The van der Waals surface area contributed by atoms with Crippen molar-refractivity contribution >= 4 is 22.7 Å². The van der Waals surface area contributed by atoms with Crippen molar-refractivity contribution in [1.29, 1.82) is 5.26 Å². The van der Waals surface area contributed by atoms with E-state index in [-0.39, 0.29) is 23.8 Å². The van der Waals surface area contributed by atoms with Crippen LogP contribution in [0.4, 0.5) is 0 Å². The van der Waals surface area contributed by atoms with Crippen LogP contribution in [-0.4, -0.2) is 29.4 Å². The number of amides is 2. The van der Waals surface area contributed by atoms with E-state index in [0.717, 1.165) is 29.3 Å². The lowest BCUT2D eigenvalue weighted by Crippen LogP contribution is -2.49. The molecule has 1 unspecified atom stereocenters. The minimum atomic E-state index is -0.692. The predicted molar refractivity (Wildman–Crippen MR) is 89.9 cm³/mol. The van der Waals surface area contributed by atoms with Gasteiger partial charge in [-0.25, -0.2) is 0 Å². The molecule has 6 heteroatoms. The van der Waals surface area contributed by atoms with Crippen LogP contribution in [0.25, 0.3) is 10.9 Å². The van der Waals surface area contributed by atoms with E-state index in [1.807, 2.05) is 43.5 Å². The molecule has 2 amide bonds. The summed E-state index contributed by atoms with van der Waals surface area (Å²) in [5.41, 5.74) is 1.60. The number of nitrogens with one attached hydrogen (secondary N) is 3. The summed E-state index contributed by atoms with van der Waals surface area (Å²) in [6.45, 7) is 1.83. The van der Waals surface area contributed by atoms with Crippen LogP contribution in [-0.2, 0) is 16.0 Å². The molecular formula is C18H20N4O2. The van der Waals surface area contributed by atoms with Crippen molar-refractivity contribution in [2.45, 2.75) is 32.2 Å². The zero-order valence-corrected chi connectivity index (χ0v) is 13.6. The first-order chi connectivity index (χ1) is 11.5. The van der Waals surface area contributed by atoms with E-state index in [4.69, 9.17) is 5.26 Å². The summed E-state index contributed by atoms with van der Waals surface area (Å²) in [5.74, 6) is -0.432. The summed E-state index contributed by atoms with van der Waals surface area (Å²) in [6, 6.07) is 9.02. The van der Waals surface area contributed by atoms with Crippen LogP contribution in [0, 0.1) is 16.7 Å². The number of rotatable bonds is 6. The number of benzene rings is 1. The fraction of sp³-hybridized carbons (Fsp3) is 0.389. The summed E-state index contributed by atoms with van der Waals surface area (Å²) in [5, 5.41) is 15.1. The molecule has 1 aliphatic rings. The van der Waals surface area contributed by atoms with Gasteiger partial charge in [0.25, 0.3) is 0 Å². The van der Waals surface area contributed by atoms with Gasteiger partial charge >= 0.3 is 0 Å². The number of aromatic nitrogens is 1. The van der Waals surface area contributed by atoms with E-state index in [0.29, 0.717) is 6.42 Å². The molecule has 1 aromatic carbocycles. The van der Waals surface area contributed by atoms with Gasteiger partial charge in [-0.2, -0.15) is 5.26 Å². The van der Waals surface area contributed by atoms with Crippen LogP contribution in [0.1, 0.15) is 25.3 Å². The van der Waals surface area contributed by atoms with Crippen molar-refractivity contribution in [3.8, 4) is 6.07 Å². The van der Waals surface area contributed by atoms with E-state index >= 15 is 0 Å². The van der Waals surface area contributed by atoms with Gasteiger partial charge in [-0.05, 0) is 24.5 Å². The number of hydrogen-bond donors (Lipinski definition) is 3. The average molecular weight is 324 g/mol. The molecule has 3 rings (SSSR count). The van der Waals surface area contributed by atoms with Gasteiger partial charge in [0.2, 0.25) is 11.8 Å². The summed E-state index contributed by atoms with van der Waals surface area (Å²) in [7, 11) is 0. The van der Waals surface area contributed by atoms with Crippen molar-refractivity contribution in [2.24, 2.45) is 5.41 Å². The van der Waals surface area contributed by atoms with E-state index < -0.39 is 6.04 Å². The van der Waals surface area contributed by atoms with Crippen LogP contribution in [0.15, 0.2) is 30.5 Å². The smallest absolute Gasteiger partial charge is 0.243 e. The lowest BCUT2D eigenvalue weighted by Gasteiger charge is -2.20. The third-order valence-electron chi connectivity index (χ3n) is 4.61. The Balaban J connectivity index is 1.79. The number of fused-ring (bicyclic) bond motifs is 1. The first kappa shape index (κ1) is 16.1. The highest BCUT2D eigenvalue weighted by Crippen LogP contribution is 2.45. The Hall–Kier alpha value is -2.81. The van der Waals surface area contributed by atoms with Gasteiger partial charge in [-0.15, -0.1) is 0 Å². The van der Waals surface area contributed by atoms with Crippen LogP contribution >= 0.6 is 0 Å². The molecule has 1 fully saturated rings. The molecule has 3 N–H and O–H groups in total. The summed E-state index contributed by atoms with van der Waals surface area (Å²) >= 11 is 0. The number of hydrogen-bond acceptors (Lipinski definition) is 3. The number of para-hydroxylation sites is 1. The number of H-pyrrole nitrogens is 1. The third-order valence-corrected chi connectivity index (χ3v) is 4.61. The van der Waals surface area contributed by atoms with Gasteiger partial charge in [0, 0.05) is 28.9 Å². The molecule has 6 nitrogen and oxygen atoms in total. The Morgan fingerprint density at radius 3 is 2.83 bits per heavy atom. The largest absolute Gasteiger partial charge is 0.361 e. The van der Waals surface area contributed by atoms with Gasteiger partial charge in [0.05, 0.1) is 6.07 Å². The summed E-state index contributed by atoms with van der Waals surface area (Å²) in [6.07, 6.45) is 3.93. The summed E-state index contributed by atoms with van der Waals surface area (Å²) in [4.78, 5) is 27.9. The molecule has 1 aliphatic carbocycles. The van der Waals surface area contributed by atoms with E-state index in [2.05, 4.69) is 15.6 Å². The van der Waals surface area contributed by atoms with Gasteiger partial charge in [0.15, 0.2) is 0 Å². The zero-order chi connectivity index (χ0) is 17.2. The maximum atomic E-state index is 12.4. The molecule has 0 bridgehead atoms. The Bertz CT molecular complexity index is 814. The minimum Gasteiger partial charge on any atom is -0.361 e. The Labute approximate surface area is 140 Å². The SMILES string of the molecule is CC1(C(=O)NC(Cc2c[nH]c3ccccc23)C(=O)NCC#N)CC1. The first-order valence-corrected chi connectivity index (χ1v) is 8.04. The molecule has 0 spiro atoms. The molecule has 1 atom stereocenters. The van der Waals surface area contributed by atoms with Crippen molar-refractivity contribution in [2.75, 3.05) is 6.54 Å². The van der Waals surface area contributed by atoms with E-state index in [1.54, 1.807) is 0 Å². The predicted octanol–water partition coefficient (Wildman–Crippen LogP) is 1.64. The van der Waals surface area contributed by atoms with Crippen molar-refractivity contribution in [3.63, 3.8) is 0 Å². The number of nitrogens with zero attached hydrogens (tertiary/aromatic N) is 1. The highest BCUT2D eigenvalue weighted by molar-refractivity contribution is 5.92. The third kappa shape index (κ3) is 3.25. The fourth-order valence-electron chi connectivity index (χ4n) is 2.73. The number of carbonyl (C=O) groups excluding carboxylic acids is 2. The molecule has 0 aliphatic heterocycles. The molecule has 24 heavy (non-hydrogen) atoms. The van der Waals surface area contributed by atoms with E-state index in [1.165, 1.54) is 0 Å². The maximum Gasteiger partial charge on any atom is 0.243 e. The summed E-state index contributed by atoms with van der Waals surface area (Å²) < 4.78 is 0. The van der Waals surface area contributed by atoms with Gasteiger partial charge in [0.1, 0.15) is 12.6 Å². The molecule has 1 aromatic heterocycles. The lowest BCUT2D eigenvalue weighted by molar-refractivity contribution is -0.131. The van der Waals surface area contributed by atoms with Gasteiger partial charge < -0.3 is 15.6 Å². The van der Waals surface area contributed by atoms with Crippen molar-refractivity contribution in [1.82, 2.24) is 15.6 Å². The molecule has 2 aromatic rings. The second kappa shape index (κ2) is 6.36. The second-order valence-corrected chi connectivity index (χ2v) is 6.53. The number of carbonyl (C=O) groups is 2. The van der Waals surface area contributed by atoms with Crippen molar-refractivity contribution < 1.29 is 9.59 Å². The minimum absolute atomic E-state index is 0.0731. The van der Waals surface area contributed by atoms with Crippen molar-refractivity contribution in [3.05, 3.63) is 36.0 Å². The maximum absolute atomic E-state index is 12.4. The molecular weight excluding hydrogens is 304 g/mol. The van der Waals surface area contributed by atoms with Crippen LogP contribution in [0.5, 0.6) is 0 Å². The molecule has 1 heterocycles. The fourth-order valence-corrected chi connectivity index (χ4v) is 2.73. The quantitative estimate of drug-likeness (QED) is 0.704. The second-order valence-electron chi connectivity index (χ2n) is 6.53. The molecule has 1 saturated carbocycles. The highest BCUT2D eigenvalue weighted by atomic mass is 16.2. The Morgan fingerprint density at radius 1 is 1.38 bits per heavy atom. The van der Waals surface area contributed by atoms with Crippen LogP contribution in [0.3, 0.4) is 0 Å².